The number of hydrogen-bond acceptors (Lipinski definition) is 2. The largest absolute Gasteiger partial charge is 0.481 e. The first-order chi connectivity index (χ1) is 7.05. The Hall–Kier alpha value is -0.570. The van der Waals surface area contributed by atoms with Gasteiger partial charge in [0.25, 0.3) is 0 Å². The molecule has 2 rings (SSSR count). The van der Waals surface area contributed by atoms with E-state index in [0.29, 0.717) is 11.5 Å². The number of rotatable bonds is 3. The maximum absolute atomic E-state index is 11.1. The van der Waals surface area contributed by atoms with Gasteiger partial charge in [-0.2, -0.15) is 0 Å². The molecule has 0 radical (unpaired) electrons. The summed E-state index contributed by atoms with van der Waals surface area (Å²) in [7, 11) is 0. The lowest BCUT2D eigenvalue weighted by molar-refractivity contribution is -0.154. The molecule has 2 N–H and O–H groups in total. The maximum atomic E-state index is 11.1. The third-order valence-electron chi connectivity index (χ3n) is 4.12. The Bertz CT molecular complexity index is 256. The van der Waals surface area contributed by atoms with Gasteiger partial charge in [-0.1, -0.05) is 26.7 Å². The van der Waals surface area contributed by atoms with Crippen LogP contribution in [0.3, 0.4) is 0 Å². The summed E-state index contributed by atoms with van der Waals surface area (Å²) in [5, 5.41) is 12.6. The van der Waals surface area contributed by atoms with Gasteiger partial charge in [0.15, 0.2) is 0 Å². The molecule has 86 valence electrons. The molecule has 0 aromatic heterocycles. The lowest BCUT2D eigenvalue weighted by Gasteiger charge is -2.53. The van der Waals surface area contributed by atoms with Crippen molar-refractivity contribution in [1.29, 1.82) is 0 Å². The molecule has 0 amide bonds. The Morgan fingerprint density at radius 1 is 1.40 bits per heavy atom. The van der Waals surface area contributed by atoms with E-state index in [0.717, 1.165) is 6.42 Å². The van der Waals surface area contributed by atoms with Gasteiger partial charge < -0.3 is 10.4 Å². The first kappa shape index (κ1) is 10.9. The van der Waals surface area contributed by atoms with Crippen LogP contribution in [0.1, 0.15) is 46.0 Å². The van der Waals surface area contributed by atoms with Gasteiger partial charge in [0, 0.05) is 12.1 Å². The highest BCUT2D eigenvalue weighted by Crippen LogP contribution is 2.56. The number of carbonyl (C=O) groups is 1. The highest BCUT2D eigenvalue weighted by Gasteiger charge is 2.57. The third kappa shape index (κ3) is 1.78. The van der Waals surface area contributed by atoms with Crippen molar-refractivity contribution in [2.45, 2.75) is 58.0 Å². The molecule has 0 aromatic carbocycles. The standard InChI is InChI=1S/C12H21NO2/c1-8(2)13-10-9(11(14)15)7-12(10)5-3-4-6-12/h8-10,13H,3-7H2,1-2H3,(H,14,15). The summed E-state index contributed by atoms with van der Waals surface area (Å²) >= 11 is 0. The minimum Gasteiger partial charge on any atom is -0.481 e. The van der Waals surface area contributed by atoms with E-state index in [-0.39, 0.29) is 12.0 Å². The molecule has 2 atom stereocenters. The van der Waals surface area contributed by atoms with E-state index < -0.39 is 5.97 Å². The predicted molar refractivity (Wildman–Crippen MR) is 58.7 cm³/mol. The zero-order chi connectivity index (χ0) is 11.1. The molecule has 3 heteroatoms. The van der Waals surface area contributed by atoms with Crippen LogP contribution in [-0.4, -0.2) is 23.2 Å². The average Bonchev–Trinajstić information content (AvgIpc) is 2.61. The monoisotopic (exact) mass is 211 g/mol. The molecule has 2 aliphatic carbocycles. The molecule has 2 unspecified atom stereocenters. The second-order valence-corrected chi connectivity index (χ2v) is 5.52. The molecule has 0 saturated heterocycles. The molecule has 0 aliphatic heterocycles. The summed E-state index contributed by atoms with van der Waals surface area (Å²) in [4.78, 5) is 11.1. The van der Waals surface area contributed by atoms with Crippen molar-refractivity contribution in [1.82, 2.24) is 5.32 Å². The van der Waals surface area contributed by atoms with Crippen molar-refractivity contribution in [3.8, 4) is 0 Å². The van der Waals surface area contributed by atoms with Crippen molar-refractivity contribution in [2.24, 2.45) is 11.3 Å². The first-order valence-electron chi connectivity index (χ1n) is 6.04. The molecule has 2 fully saturated rings. The van der Waals surface area contributed by atoms with Crippen LogP contribution in [0.2, 0.25) is 0 Å². The van der Waals surface area contributed by atoms with E-state index in [4.69, 9.17) is 5.11 Å². The lowest BCUT2D eigenvalue weighted by Crippen LogP contribution is -2.62. The molecular formula is C12H21NO2. The smallest absolute Gasteiger partial charge is 0.308 e. The number of carboxylic acid groups (broad SMARTS) is 1. The molecule has 15 heavy (non-hydrogen) atoms. The number of carboxylic acids is 1. The summed E-state index contributed by atoms with van der Waals surface area (Å²) in [6.07, 6.45) is 5.90. The Labute approximate surface area is 91.2 Å². The maximum Gasteiger partial charge on any atom is 0.308 e. The second kappa shape index (κ2) is 3.78. The van der Waals surface area contributed by atoms with Crippen LogP contribution < -0.4 is 5.32 Å². The molecular weight excluding hydrogens is 190 g/mol. The predicted octanol–water partition coefficient (Wildman–Crippen LogP) is 2.02. The average molecular weight is 211 g/mol. The van der Waals surface area contributed by atoms with Crippen molar-refractivity contribution in [2.75, 3.05) is 0 Å². The molecule has 0 heterocycles. The third-order valence-corrected chi connectivity index (χ3v) is 4.12. The quantitative estimate of drug-likeness (QED) is 0.751. The van der Waals surface area contributed by atoms with E-state index in [1.165, 1.54) is 25.7 Å². The van der Waals surface area contributed by atoms with Gasteiger partial charge >= 0.3 is 5.97 Å². The van der Waals surface area contributed by atoms with Crippen LogP contribution in [0.5, 0.6) is 0 Å². The summed E-state index contributed by atoms with van der Waals surface area (Å²) in [5.41, 5.74) is 0.327. The van der Waals surface area contributed by atoms with Crippen molar-refractivity contribution < 1.29 is 9.90 Å². The van der Waals surface area contributed by atoms with Crippen LogP contribution in [0, 0.1) is 11.3 Å². The van der Waals surface area contributed by atoms with Crippen LogP contribution in [0.15, 0.2) is 0 Å². The Morgan fingerprint density at radius 3 is 2.47 bits per heavy atom. The molecule has 2 saturated carbocycles. The highest BCUT2D eigenvalue weighted by atomic mass is 16.4. The van der Waals surface area contributed by atoms with Gasteiger partial charge in [0.05, 0.1) is 5.92 Å². The SMILES string of the molecule is CC(C)NC1C(C(=O)O)CC12CCCC2. The highest BCUT2D eigenvalue weighted by molar-refractivity contribution is 5.73. The minimum atomic E-state index is -0.620. The van der Waals surface area contributed by atoms with Crippen LogP contribution in [0.4, 0.5) is 0 Å². The van der Waals surface area contributed by atoms with E-state index >= 15 is 0 Å². The summed E-state index contributed by atoms with van der Waals surface area (Å²) < 4.78 is 0. The fraction of sp³-hybridized carbons (Fsp3) is 0.917. The second-order valence-electron chi connectivity index (χ2n) is 5.52. The van der Waals surface area contributed by atoms with Gasteiger partial charge in [-0.15, -0.1) is 0 Å². The Balaban J connectivity index is 2.06. The van der Waals surface area contributed by atoms with Gasteiger partial charge in [-0.25, -0.2) is 0 Å². The fourth-order valence-electron chi connectivity index (χ4n) is 3.43. The van der Waals surface area contributed by atoms with Crippen LogP contribution in [-0.2, 0) is 4.79 Å². The van der Waals surface area contributed by atoms with Crippen molar-refractivity contribution >= 4 is 5.97 Å². The van der Waals surface area contributed by atoms with Crippen molar-refractivity contribution in [3.05, 3.63) is 0 Å². The lowest BCUT2D eigenvalue weighted by atomic mass is 9.56. The molecule has 0 bridgehead atoms. The van der Waals surface area contributed by atoms with Gasteiger partial charge in [0.1, 0.15) is 0 Å². The number of nitrogens with one attached hydrogen (secondary N) is 1. The summed E-state index contributed by atoms with van der Waals surface area (Å²) in [6, 6.07) is 0.604. The zero-order valence-electron chi connectivity index (χ0n) is 9.62. The molecule has 3 nitrogen and oxygen atoms in total. The molecule has 0 aromatic rings. The number of aliphatic carboxylic acids is 1. The Kier molecular flexibility index (Phi) is 2.75. The van der Waals surface area contributed by atoms with E-state index in [9.17, 15) is 4.79 Å². The zero-order valence-corrected chi connectivity index (χ0v) is 9.62. The van der Waals surface area contributed by atoms with E-state index in [1.807, 2.05) is 0 Å². The van der Waals surface area contributed by atoms with E-state index in [2.05, 4.69) is 19.2 Å². The summed E-state index contributed by atoms with van der Waals surface area (Å²) in [5.74, 6) is -0.767. The summed E-state index contributed by atoms with van der Waals surface area (Å²) in [6.45, 7) is 4.19. The molecule has 1 spiro atoms. The van der Waals surface area contributed by atoms with Gasteiger partial charge in [0.2, 0.25) is 0 Å². The normalized spacial score (nSPS) is 33.3. The van der Waals surface area contributed by atoms with Gasteiger partial charge in [-0.05, 0) is 24.7 Å². The minimum absolute atomic E-state index is 0.148. The molecule has 2 aliphatic rings. The van der Waals surface area contributed by atoms with Crippen LogP contribution in [0.25, 0.3) is 0 Å². The van der Waals surface area contributed by atoms with E-state index in [1.54, 1.807) is 0 Å². The van der Waals surface area contributed by atoms with Gasteiger partial charge in [-0.3, -0.25) is 4.79 Å². The first-order valence-corrected chi connectivity index (χ1v) is 6.04. The number of hydrogen-bond donors (Lipinski definition) is 2. The fourth-order valence-corrected chi connectivity index (χ4v) is 3.43. The topological polar surface area (TPSA) is 49.3 Å². The Morgan fingerprint density at radius 2 is 2.00 bits per heavy atom. The van der Waals surface area contributed by atoms with Crippen LogP contribution >= 0.6 is 0 Å². The van der Waals surface area contributed by atoms with Crippen molar-refractivity contribution in [3.63, 3.8) is 0 Å².